The Hall–Kier alpha value is -1.49. The third kappa shape index (κ3) is 4.28. The number of carbonyl (C=O) groups is 1. The lowest BCUT2D eigenvalue weighted by Gasteiger charge is -2.03. The monoisotopic (exact) mass is 277 g/mol. The van der Waals surface area contributed by atoms with E-state index in [0.717, 1.165) is 31.6 Å². The van der Waals surface area contributed by atoms with Gasteiger partial charge in [-0.05, 0) is 30.7 Å². The first-order valence-corrected chi connectivity index (χ1v) is 7.58. The van der Waals surface area contributed by atoms with Crippen LogP contribution < -0.4 is 0 Å². The predicted molar refractivity (Wildman–Crippen MR) is 76.3 cm³/mol. The highest BCUT2D eigenvalue weighted by Gasteiger charge is 2.09. The molecule has 2 aromatic heterocycles. The third-order valence-corrected chi connectivity index (χ3v) is 3.88. The van der Waals surface area contributed by atoms with Gasteiger partial charge in [0.2, 0.25) is 0 Å². The maximum atomic E-state index is 11.9. The molecule has 2 aromatic rings. The van der Waals surface area contributed by atoms with Crippen LogP contribution in [0.15, 0.2) is 23.8 Å². The van der Waals surface area contributed by atoms with Crippen LogP contribution in [0, 0.1) is 0 Å². The van der Waals surface area contributed by atoms with Crippen LogP contribution in [0.5, 0.6) is 0 Å². The zero-order valence-electron chi connectivity index (χ0n) is 11.2. The van der Waals surface area contributed by atoms with E-state index in [4.69, 9.17) is 0 Å². The zero-order chi connectivity index (χ0) is 13.5. The highest BCUT2D eigenvalue weighted by Crippen LogP contribution is 2.12. The van der Waals surface area contributed by atoms with Crippen molar-refractivity contribution < 1.29 is 4.79 Å². The quantitative estimate of drug-likeness (QED) is 0.745. The first-order valence-electron chi connectivity index (χ1n) is 6.70. The lowest BCUT2D eigenvalue weighted by molar-refractivity contribution is -0.118. The van der Waals surface area contributed by atoms with Gasteiger partial charge in [-0.25, -0.2) is 9.67 Å². The van der Waals surface area contributed by atoms with E-state index in [2.05, 4.69) is 34.5 Å². The SMILES string of the molecule is CCCn1ncnc1CC(=O)CCCc1cccs1. The number of aryl methyl sites for hydroxylation is 2. The molecule has 0 aliphatic heterocycles. The fourth-order valence-corrected chi connectivity index (χ4v) is 2.75. The van der Waals surface area contributed by atoms with E-state index < -0.39 is 0 Å². The average molecular weight is 277 g/mol. The third-order valence-electron chi connectivity index (χ3n) is 2.95. The van der Waals surface area contributed by atoms with Crippen LogP contribution in [0.1, 0.15) is 36.9 Å². The Morgan fingerprint density at radius 1 is 1.47 bits per heavy atom. The minimum absolute atomic E-state index is 0.252. The number of hydrogen-bond donors (Lipinski definition) is 0. The molecule has 0 unspecified atom stereocenters. The van der Waals surface area contributed by atoms with E-state index in [1.807, 2.05) is 4.68 Å². The number of nitrogens with zero attached hydrogens (tertiary/aromatic N) is 3. The first-order chi connectivity index (χ1) is 9.29. The Labute approximate surface area is 117 Å². The summed E-state index contributed by atoms with van der Waals surface area (Å²) >= 11 is 1.75. The van der Waals surface area contributed by atoms with Gasteiger partial charge >= 0.3 is 0 Å². The molecule has 102 valence electrons. The van der Waals surface area contributed by atoms with E-state index >= 15 is 0 Å². The number of rotatable bonds is 8. The molecule has 0 atom stereocenters. The lowest BCUT2D eigenvalue weighted by atomic mass is 10.1. The zero-order valence-corrected chi connectivity index (χ0v) is 12.0. The summed E-state index contributed by atoms with van der Waals surface area (Å²) in [5.74, 6) is 1.05. The summed E-state index contributed by atoms with van der Waals surface area (Å²) in [7, 11) is 0. The number of hydrogen-bond acceptors (Lipinski definition) is 4. The van der Waals surface area contributed by atoms with Gasteiger partial charge in [0.1, 0.15) is 17.9 Å². The van der Waals surface area contributed by atoms with Crippen LogP contribution in [-0.2, 0) is 24.2 Å². The van der Waals surface area contributed by atoms with Gasteiger partial charge in [-0.3, -0.25) is 4.79 Å². The fourth-order valence-electron chi connectivity index (χ4n) is 2.00. The molecule has 0 fully saturated rings. The minimum atomic E-state index is 0.252. The Morgan fingerprint density at radius 3 is 3.11 bits per heavy atom. The van der Waals surface area contributed by atoms with Gasteiger partial charge < -0.3 is 0 Å². The van der Waals surface area contributed by atoms with Crippen LogP contribution in [0.4, 0.5) is 0 Å². The summed E-state index contributed by atoms with van der Waals surface area (Å²) in [6.07, 6.45) is 5.47. The van der Waals surface area contributed by atoms with Gasteiger partial charge in [0.25, 0.3) is 0 Å². The standard InChI is InChI=1S/C14H19N3OS/c1-2-8-17-14(15-11-16-17)10-12(18)5-3-6-13-7-4-9-19-13/h4,7,9,11H,2-3,5-6,8,10H2,1H3. The summed E-state index contributed by atoms with van der Waals surface area (Å²) in [6, 6.07) is 4.17. The molecule has 0 spiro atoms. The van der Waals surface area contributed by atoms with Crippen LogP contribution in [0.3, 0.4) is 0 Å². The van der Waals surface area contributed by atoms with Gasteiger partial charge in [-0.1, -0.05) is 13.0 Å². The van der Waals surface area contributed by atoms with E-state index in [-0.39, 0.29) is 5.78 Å². The summed E-state index contributed by atoms with van der Waals surface area (Å²) in [5, 5.41) is 6.21. The Morgan fingerprint density at radius 2 is 2.37 bits per heavy atom. The van der Waals surface area contributed by atoms with Gasteiger partial charge in [-0.2, -0.15) is 5.10 Å². The molecule has 0 amide bonds. The lowest BCUT2D eigenvalue weighted by Crippen LogP contribution is -2.11. The van der Waals surface area contributed by atoms with Crippen LogP contribution in [0.2, 0.25) is 0 Å². The van der Waals surface area contributed by atoms with Crippen LogP contribution in [-0.4, -0.2) is 20.5 Å². The van der Waals surface area contributed by atoms with Crippen molar-refractivity contribution in [3.63, 3.8) is 0 Å². The molecule has 0 saturated carbocycles. The second-order valence-corrected chi connectivity index (χ2v) is 5.58. The number of carbonyl (C=O) groups excluding carboxylic acids is 1. The van der Waals surface area contributed by atoms with Crippen molar-refractivity contribution in [1.82, 2.24) is 14.8 Å². The molecule has 0 aromatic carbocycles. The Kier molecular flexibility index (Phi) is 5.27. The normalized spacial score (nSPS) is 10.8. The molecule has 19 heavy (non-hydrogen) atoms. The van der Waals surface area contributed by atoms with Gasteiger partial charge in [-0.15, -0.1) is 11.3 Å². The molecule has 0 saturated heterocycles. The molecule has 0 aliphatic rings. The molecular formula is C14H19N3OS. The average Bonchev–Trinajstić information content (AvgIpc) is 3.02. The van der Waals surface area contributed by atoms with Crippen molar-refractivity contribution in [2.75, 3.05) is 0 Å². The van der Waals surface area contributed by atoms with E-state index in [1.165, 1.54) is 11.2 Å². The second kappa shape index (κ2) is 7.19. The maximum Gasteiger partial charge on any atom is 0.140 e. The molecule has 2 heterocycles. The second-order valence-electron chi connectivity index (χ2n) is 4.55. The molecule has 4 nitrogen and oxygen atoms in total. The van der Waals surface area contributed by atoms with Crippen molar-refractivity contribution in [2.45, 2.75) is 45.6 Å². The topological polar surface area (TPSA) is 47.8 Å². The van der Waals surface area contributed by atoms with E-state index in [0.29, 0.717) is 12.8 Å². The first kappa shape index (κ1) is 13.9. The summed E-state index contributed by atoms with van der Waals surface area (Å²) in [6.45, 7) is 2.92. The maximum absolute atomic E-state index is 11.9. The highest BCUT2D eigenvalue weighted by molar-refractivity contribution is 7.09. The van der Waals surface area contributed by atoms with Crippen molar-refractivity contribution in [3.05, 3.63) is 34.5 Å². The molecule has 0 aliphatic carbocycles. The molecule has 0 N–H and O–H groups in total. The number of aromatic nitrogens is 3. The van der Waals surface area contributed by atoms with E-state index in [1.54, 1.807) is 11.3 Å². The highest BCUT2D eigenvalue weighted by atomic mass is 32.1. The molecule has 0 radical (unpaired) electrons. The Bertz CT molecular complexity index is 505. The van der Waals surface area contributed by atoms with Crippen molar-refractivity contribution in [2.24, 2.45) is 0 Å². The van der Waals surface area contributed by atoms with E-state index in [9.17, 15) is 4.79 Å². The minimum Gasteiger partial charge on any atom is -0.299 e. The largest absolute Gasteiger partial charge is 0.299 e. The van der Waals surface area contributed by atoms with Crippen molar-refractivity contribution in [1.29, 1.82) is 0 Å². The number of thiophene rings is 1. The van der Waals surface area contributed by atoms with Crippen LogP contribution in [0.25, 0.3) is 0 Å². The van der Waals surface area contributed by atoms with Gasteiger partial charge in [0, 0.05) is 17.8 Å². The summed E-state index contributed by atoms with van der Waals surface area (Å²) in [5.41, 5.74) is 0. The molecule has 5 heteroatoms. The van der Waals surface area contributed by atoms with Gasteiger partial charge in [0.05, 0.1) is 6.42 Å². The van der Waals surface area contributed by atoms with Crippen molar-refractivity contribution >= 4 is 17.1 Å². The smallest absolute Gasteiger partial charge is 0.140 e. The molecule has 2 rings (SSSR count). The van der Waals surface area contributed by atoms with Gasteiger partial charge in [0.15, 0.2) is 0 Å². The molecular weight excluding hydrogens is 258 g/mol. The van der Waals surface area contributed by atoms with Crippen molar-refractivity contribution in [3.8, 4) is 0 Å². The summed E-state index contributed by atoms with van der Waals surface area (Å²) in [4.78, 5) is 17.4. The fraction of sp³-hybridized carbons (Fsp3) is 0.500. The number of ketones is 1. The summed E-state index contributed by atoms with van der Waals surface area (Å²) < 4.78 is 1.83. The predicted octanol–water partition coefficient (Wildman–Crippen LogP) is 2.88. The number of Topliss-reactive ketones (excluding diaryl/α,β-unsaturated/α-hetero) is 1. The molecule has 0 bridgehead atoms. The van der Waals surface area contributed by atoms with Crippen LogP contribution >= 0.6 is 11.3 Å². The Balaban J connectivity index is 1.76.